The number of carbonyl (C=O) groups is 1. The number of H-pyrrole nitrogens is 1. The van der Waals surface area contributed by atoms with Crippen LogP contribution in [0.15, 0.2) is 22.6 Å². The summed E-state index contributed by atoms with van der Waals surface area (Å²) in [4.78, 5) is 15.3. The van der Waals surface area contributed by atoms with Crippen molar-refractivity contribution >= 4 is 29.2 Å². The smallest absolute Gasteiger partial charge is 0.266 e. The van der Waals surface area contributed by atoms with Crippen molar-refractivity contribution in [3.05, 3.63) is 28.6 Å². The van der Waals surface area contributed by atoms with E-state index in [1.54, 1.807) is 18.2 Å². The van der Waals surface area contributed by atoms with Gasteiger partial charge in [-0.1, -0.05) is 12.8 Å². The van der Waals surface area contributed by atoms with E-state index in [4.69, 9.17) is 16.6 Å². The van der Waals surface area contributed by atoms with Crippen LogP contribution < -0.4 is 5.32 Å². The van der Waals surface area contributed by atoms with Crippen molar-refractivity contribution in [2.45, 2.75) is 31.8 Å². The van der Waals surface area contributed by atoms with Crippen LogP contribution in [0.1, 0.15) is 36.0 Å². The van der Waals surface area contributed by atoms with E-state index in [9.17, 15) is 9.90 Å². The highest BCUT2D eigenvalue weighted by molar-refractivity contribution is 7.71. The zero-order valence-corrected chi connectivity index (χ0v) is 12.4. The molecule has 3 N–H and O–H groups in total. The van der Waals surface area contributed by atoms with Crippen molar-refractivity contribution in [2.24, 2.45) is 5.92 Å². The van der Waals surface area contributed by atoms with Gasteiger partial charge < -0.3 is 19.8 Å². The van der Waals surface area contributed by atoms with Crippen LogP contribution in [0.4, 0.5) is 0 Å². The number of amides is 1. The van der Waals surface area contributed by atoms with Gasteiger partial charge >= 0.3 is 0 Å². The lowest BCUT2D eigenvalue weighted by atomic mass is 10.0. The molecule has 112 valence electrons. The summed E-state index contributed by atoms with van der Waals surface area (Å²) >= 11 is 4.91. The van der Waals surface area contributed by atoms with Gasteiger partial charge in [0.05, 0.1) is 11.6 Å². The molecule has 1 aliphatic carbocycles. The van der Waals surface area contributed by atoms with E-state index < -0.39 is 6.10 Å². The fourth-order valence-electron chi connectivity index (χ4n) is 2.89. The number of oxazole rings is 1. The summed E-state index contributed by atoms with van der Waals surface area (Å²) in [5.41, 5.74) is 1.82. The van der Waals surface area contributed by atoms with E-state index in [-0.39, 0.29) is 12.5 Å². The van der Waals surface area contributed by atoms with Crippen molar-refractivity contribution in [1.82, 2.24) is 10.3 Å². The topological polar surface area (TPSA) is 78.3 Å². The summed E-state index contributed by atoms with van der Waals surface area (Å²) in [5, 5.41) is 12.8. The maximum Gasteiger partial charge on any atom is 0.266 e. The number of aliphatic hydroxyl groups excluding tert-OH is 1. The molecule has 0 bridgehead atoms. The molecule has 3 rings (SSSR count). The predicted octanol–water partition coefficient (Wildman–Crippen LogP) is 2.77. The number of hydrogen-bond donors (Lipinski definition) is 3. The van der Waals surface area contributed by atoms with E-state index in [1.807, 2.05) is 0 Å². The van der Waals surface area contributed by atoms with Crippen LogP contribution >= 0.6 is 12.2 Å². The van der Waals surface area contributed by atoms with E-state index in [0.717, 1.165) is 18.4 Å². The zero-order chi connectivity index (χ0) is 14.8. The minimum atomic E-state index is -0.462. The molecule has 1 fully saturated rings. The van der Waals surface area contributed by atoms with Gasteiger partial charge in [-0.05, 0) is 49.2 Å². The Morgan fingerprint density at radius 3 is 3.00 bits per heavy atom. The average Bonchev–Trinajstić information content (AvgIpc) is 3.11. The third-order valence-electron chi connectivity index (χ3n) is 4.10. The molecule has 1 aromatic heterocycles. The first-order valence-electron chi connectivity index (χ1n) is 7.22. The Morgan fingerprint density at radius 2 is 2.24 bits per heavy atom. The summed E-state index contributed by atoms with van der Waals surface area (Å²) in [6.45, 7) is 0.290. The first-order valence-corrected chi connectivity index (χ1v) is 7.63. The molecule has 0 radical (unpaired) electrons. The highest BCUT2D eigenvalue weighted by Gasteiger charge is 2.23. The van der Waals surface area contributed by atoms with Crippen LogP contribution in [-0.4, -0.2) is 28.6 Å². The van der Waals surface area contributed by atoms with Crippen LogP contribution in [0.2, 0.25) is 0 Å². The minimum Gasteiger partial charge on any atom is -0.429 e. The maximum atomic E-state index is 12.1. The third-order valence-corrected chi connectivity index (χ3v) is 4.28. The largest absolute Gasteiger partial charge is 0.429 e. The lowest BCUT2D eigenvalue weighted by Gasteiger charge is -2.18. The molecule has 1 unspecified atom stereocenters. The van der Waals surface area contributed by atoms with Gasteiger partial charge in [0, 0.05) is 12.1 Å². The number of aromatic nitrogens is 1. The maximum absolute atomic E-state index is 12.1. The van der Waals surface area contributed by atoms with Gasteiger partial charge in [0.2, 0.25) is 0 Å². The molecular weight excluding hydrogens is 288 g/mol. The van der Waals surface area contributed by atoms with Gasteiger partial charge in [0.25, 0.3) is 10.7 Å². The first-order chi connectivity index (χ1) is 10.1. The fourth-order valence-corrected chi connectivity index (χ4v) is 3.09. The number of fused-ring (bicyclic) bond motifs is 1. The molecular formula is C15H18N2O3S. The molecule has 1 aliphatic rings. The van der Waals surface area contributed by atoms with Gasteiger partial charge in [-0.3, -0.25) is 4.79 Å². The average molecular weight is 306 g/mol. The van der Waals surface area contributed by atoms with E-state index in [1.165, 1.54) is 12.8 Å². The van der Waals surface area contributed by atoms with Crippen molar-refractivity contribution in [3.8, 4) is 0 Å². The molecule has 6 heteroatoms. The highest BCUT2D eigenvalue weighted by atomic mass is 32.1. The number of carbonyl (C=O) groups excluding carboxylic acids is 1. The zero-order valence-electron chi connectivity index (χ0n) is 11.6. The Labute approximate surface area is 127 Å². The van der Waals surface area contributed by atoms with E-state index >= 15 is 0 Å². The van der Waals surface area contributed by atoms with Gasteiger partial charge in [0.1, 0.15) is 0 Å². The fraction of sp³-hybridized carbons (Fsp3) is 0.467. The molecule has 21 heavy (non-hydrogen) atoms. The standard InChI is InChI=1S/C15H18N2O3S/c18-12(9-3-1-2-4-9)8-16-14(19)10-5-6-11-13(7-10)20-15(21)17-11/h5-7,9,12,18H,1-4,8H2,(H,16,19)(H,17,21). The van der Waals surface area contributed by atoms with Crippen LogP contribution in [-0.2, 0) is 0 Å². The van der Waals surface area contributed by atoms with Crippen LogP contribution in [0, 0.1) is 10.8 Å². The van der Waals surface area contributed by atoms with Crippen molar-refractivity contribution in [1.29, 1.82) is 0 Å². The molecule has 5 nitrogen and oxygen atoms in total. The van der Waals surface area contributed by atoms with Gasteiger partial charge in [-0.2, -0.15) is 0 Å². The highest BCUT2D eigenvalue weighted by Crippen LogP contribution is 2.27. The Hall–Kier alpha value is -1.66. The second-order valence-electron chi connectivity index (χ2n) is 5.55. The number of aromatic amines is 1. The van der Waals surface area contributed by atoms with Crippen molar-refractivity contribution < 1.29 is 14.3 Å². The van der Waals surface area contributed by atoms with Crippen molar-refractivity contribution in [3.63, 3.8) is 0 Å². The Kier molecular flexibility index (Phi) is 4.07. The molecule has 0 saturated heterocycles. The molecule has 1 saturated carbocycles. The van der Waals surface area contributed by atoms with Gasteiger partial charge in [-0.25, -0.2) is 0 Å². The monoisotopic (exact) mass is 306 g/mol. The minimum absolute atomic E-state index is 0.212. The third kappa shape index (κ3) is 3.16. The molecule has 1 amide bonds. The molecule has 1 atom stereocenters. The quantitative estimate of drug-likeness (QED) is 0.759. The number of aliphatic hydroxyl groups is 1. The first kappa shape index (κ1) is 14.3. The van der Waals surface area contributed by atoms with Crippen LogP contribution in [0.5, 0.6) is 0 Å². The molecule has 0 aliphatic heterocycles. The van der Waals surface area contributed by atoms with Gasteiger partial charge in [0.15, 0.2) is 5.58 Å². The second-order valence-corrected chi connectivity index (χ2v) is 5.92. The summed E-state index contributed by atoms with van der Waals surface area (Å²) in [7, 11) is 0. The Morgan fingerprint density at radius 1 is 1.48 bits per heavy atom. The van der Waals surface area contributed by atoms with Crippen LogP contribution in [0.3, 0.4) is 0 Å². The number of benzene rings is 1. The molecule has 0 spiro atoms. The number of rotatable bonds is 4. The lowest BCUT2D eigenvalue weighted by Crippen LogP contribution is -2.35. The van der Waals surface area contributed by atoms with Gasteiger partial charge in [-0.15, -0.1) is 0 Å². The summed E-state index contributed by atoms with van der Waals surface area (Å²) in [6.07, 6.45) is 3.98. The summed E-state index contributed by atoms with van der Waals surface area (Å²) < 4.78 is 5.30. The van der Waals surface area contributed by atoms with E-state index in [0.29, 0.717) is 21.9 Å². The number of nitrogens with one attached hydrogen (secondary N) is 2. The summed E-state index contributed by atoms with van der Waals surface area (Å²) in [5.74, 6) is 0.103. The Bertz CT molecular complexity index is 700. The number of hydrogen-bond acceptors (Lipinski definition) is 4. The Balaban J connectivity index is 1.64. The normalized spacial score (nSPS) is 17.2. The van der Waals surface area contributed by atoms with Crippen molar-refractivity contribution in [2.75, 3.05) is 6.54 Å². The lowest BCUT2D eigenvalue weighted by molar-refractivity contribution is 0.0840. The molecule has 1 heterocycles. The predicted molar refractivity (Wildman–Crippen MR) is 81.7 cm³/mol. The van der Waals surface area contributed by atoms with E-state index in [2.05, 4.69) is 10.3 Å². The second kappa shape index (κ2) is 5.99. The molecule has 2 aromatic rings. The molecule has 1 aromatic carbocycles. The SMILES string of the molecule is O=C(NCC(O)C1CCCC1)c1ccc2[nH]c(=S)oc2c1. The van der Waals surface area contributed by atoms with Crippen LogP contribution in [0.25, 0.3) is 11.1 Å². The summed E-state index contributed by atoms with van der Waals surface area (Å²) in [6, 6.07) is 5.12.